The monoisotopic (exact) mass is 263 g/mol. The van der Waals surface area contributed by atoms with Gasteiger partial charge in [-0.25, -0.2) is 0 Å². The Morgan fingerprint density at radius 2 is 1.95 bits per heavy atom. The van der Waals surface area contributed by atoms with E-state index in [1.165, 1.54) is 19.3 Å². The lowest BCUT2D eigenvalue weighted by Crippen LogP contribution is -2.46. The smallest absolute Gasteiger partial charge is 0.287 e. The molecule has 0 aliphatic heterocycles. The van der Waals surface area contributed by atoms with E-state index >= 15 is 0 Å². The van der Waals surface area contributed by atoms with Crippen LogP contribution in [-0.4, -0.2) is 11.9 Å². The predicted octanol–water partition coefficient (Wildman–Crippen LogP) is 3.92. The number of amides is 1. The molecule has 2 rings (SSSR count). The van der Waals surface area contributed by atoms with Crippen LogP contribution < -0.4 is 5.32 Å². The van der Waals surface area contributed by atoms with Gasteiger partial charge in [-0.05, 0) is 43.2 Å². The van der Waals surface area contributed by atoms with Crippen LogP contribution in [0.2, 0.25) is 0 Å². The van der Waals surface area contributed by atoms with Crippen LogP contribution in [0, 0.1) is 18.3 Å². The second kappa shape index (κ2) is 5.40. The number of hydrogen-bond acceptors (Lipinski definition) is 2. The van der Waals surface area contributed by atoms with Gasteiger partial charge in [0.2, 0.25) is 0 Å². The average molecular weight is 263 g/mol. The lowest BCUT2D eigenvalue weighted by molar-refractivity contribution is 0.0803. The molecule has 3 nitrogen and oxygen atoms in total. The molecule has 106 valence electrons. The van der Waals surface area contributed by atoms with E-state index in [-0.39, 0.29) is 17.4 Å². The van der Waals surface area contributed by atoms with Crippen molar-refractivity contribution in [2.24, 2.45) is 11.3 Å². The van der Waals surface area contributed by atoms with Gasteiger partial charge in [-0.1, -0.05) is 33.6 Å². The second-order valence-electron chi connectivity index (χ2n) is 6.75. The van der Waals surface area contributed by atoms with Crippen LogP contribution in [0.25, 0.3) is 0 Å². The Morgan fingerprint density at radius 3 is 2.53 bits per heavy atom. The summed E-state index contributed by atoms with van der Waals surface area (Å²) in [6.45, 7) is 8.65. The highest BCUT2D eigenvalue weighted by atomic mass is 16.3. The maximum atomic E-state index is 12.2. The zero-order valence-corrected chi connectivity index (χ0v) is 12.5. The number of carbonyl (C=O) groups excluding carboxylic acids is 1. The third-order valence-electron chi connectivity index (χ3n) is 4.16. The first-order chi connectivity index (χ1) is 8.88. The molecule has 2 atom stereocenters. The van der Waals surface area contributed by atoms with E-state index < -0.39 is 0 Å². The average Bonchev–Trinajstić information content (AvgIpc) is 2.75. The highest BCUT2D eigenvalue weighted by Gasteiger charge is 2.35. The highest BCUT2D eigenvalue weighted by molar-refractivity contribution is 5.91. The molecule has 1 amide bonds. The van der Waals surface area contributed by atoms with Gasteiger partial charge in [0.1, 0.15) is 5.76 Å². The minimum atomic E-state index is -0.0748. The third kappa shape index (κ3) is 3.40. The standard InChI is InChI=1S/C16H25NO2/c1-11-9-10-14(19-11)15(18)17-13-8-6-5-7-12(13)16(2,3)4/h9-10,12-13H,5-8H2,1-4H3,(H,17,18)/t12-,13-/m0/s1. The number of aryl methyl sites for hydroxylation is 1. The van der Waals surface area contributed by atoms with E-state index in [1.54, 1.807) is 6.07 Å². The van der Waals surface area contributed by atoms with E-state index in [0.717, 1.165) is 12.2 Å². The molecule has 1 aromatic heterocycles. The molecule has 0 radical (unpaired) electrons. The van der Waals surface area contributed by atoms with Gasteiger partial charge in [0.05, 0.1) is 0 Å². The van der Waals surface area contributed by atoms with Gasteiger partial charge in [-0.15, -0.1) is 0 Å². The van der Waals surface area contributed by atoms with Crippen molar-refractivity contribution in [3.63, 3.8) is 0 Å². The number of carbonyl (C=O) groups is 1. The van der Waals surface area contributed by atoms with Gasteiger partial charge in [0.15, 0.2) is 5.76 Å². The van der Waals surface area contributed by atoms with Gasteiger partial charge in [-0.3, -0.25) is 4.79 Å². The van der Waals surface area contributed by atoms with Gasteiger partial charge in [0, 0.05) is 6.04 Å². The van der Waals surface area contributed by atoms with Crippen molar-refractivity contribution in [3.05, 3.63) is 23.7 Å². The molecule has 1 aliphatic carbocycles. The maximum Gasteiger partial charge on any atom is 0.287 e. The fraction of sp³-hybridized carbons (Fsp3) is 0.688. The molecular formula is C16H25NO2. The summed E-state index contributed by atoms with van der Waals surface area (Å²) >= 11 is 0. The number of furan rings is 1. The molecule has 0 aromatic carbocycles. The fourth-order valence-corrected chi connectivity index (χ4v) is 3.14. The molecular weight excluding hydrogens is 238 g/mol. The first kappa shape index (κ1) is 14.2. The summed E-state index contributed by atoms with van der Waals surface area (Å²) in [5, 5.41) is 3.17. The Bertz CT molecular complexity index is 442. The number of hydrogen-bond donors (Lipinski definition) is 1. The Hall–Kier alpha value is -1.25. The Labute approximate surface area is 115 Å². The normalized spacial score (nSPS) is 24.2. The minimum Gasteiger partial charge on any atom is -0.456 e. The van der Waals surface area contributed by atoms with E-state index in [4.69, 9.17) is 4.42 Å². The first-order valence-electron chi connectivity index (χ1n) is 7.25. The van der Waals surface area contributed by atoms with Crippen molar-refractivity contribution in [1.82, 2.24) is 5.32 Å². The highest BCUT2D eigenvalue weighted by Crippen LogP contribution is 2.38. The molecule has 0 saturated heterocycles. The quantitative estimate of drug-likeness (QED) is 0.878. The van der Waals surface area contributed by atoms with Crippen LogP contribution in [0.15, 0.2) is 16.5 Å². The zero-order chi connectivity index (χ0) is 14.0. The van der Waals surface area contributed by atoms with E-state index in [1.807, 2.05) is 13.0 Å². The van der Waals surface area contributed by atoms with Crippen molar-refractivity contribution in [2.75, 3.05) is 0 Å². The van der Waals surface area contributed by atoms with E-state index in [0.29, 0.717) is 11.7 Å². The summed E-state index contributed by atoms with van der Waals surface area (Å²) in [7, 11) is 0. The van der Waals surface area contributed by atoms with Gasteiger partial charge in [-0.2, -0.15) is 0 Å². The summed E-state index contributed by atoms with van der Waals surface area (Å²) in [4.78, 5) is 12.2. The maximum absolute atomic E-state index is 12.2. The van der Waals surface area contributed by atoms with Crippen molar-refractivity contribution in [2.45, 2.75) is 59.4 Å². The second-order valence-corrected chi connectivity index (χ2v) is 6.75. The van der Waals surface area contributed by atoms with Crippen molar-refractivity contribution in [3.8, 4) is 0 Å². The molecule has 1 N–H and O–H groups in total. The molecule has 1 fully saturated rings. The van der Waals surface area contributed by atoms with E-state index in [2.05, 4.69) is 26.1 Å². The van der Waals surface area contributed by atoms with Crippen LogP contribution in [0.1, 0.15) is 62.8 Å². The van der Waals surface area contributed by atoms with Gasteiger partial charge < -0.3 is 9.73 Å². The van der Waals surface area contributed by atoms with Crippen LogP contribution in [0.5, 0.6) is 0 Å². The minimum absolute atomic E-state index is 0.0748. The summed E-state index contributed by atoms with van der Waals surface area (Å²) < 4.78 is 5.40. The molecule has 3 heteroatoms. The SMILES string of the molecule is Cc1ccc(C(=O)N[C@H]2CCCC[C@@H]2C(C)(C)C)o1. The van der Waals surface area contributed by atoms with Crippen molar-refractivity contribution >= 4 is 5.91 Å². The third-order valence-corrected chi connectivity index (χ3v) is 4.16. The molecule has 1 aliphatic rings. The van der Waals surface area contributed by atoms with Gasteiger partial charge >= 0.3 is 0 Å². The predicted molar refractivity (Wildman–Crippen MR) is 76.1 cm³/mol. The van der Waals surface area contributed by atoms with Crippen molar-refractivity contribution in [1.29, 1.82) is 0 Å². The number of rotatable bonds is 2. The largest absolute Gasteiger partial charge is 0.456 e. The Balaban J connectivity index is 2.05. The topological polar surface area (TPSA) is 42.2 Å². The fourth-order valence-electron chi connectivity index (χ4n) is 3.14. The molecule has 1 saturated carbocycles. The molecule has 19 heavy (non-hydrogen) atoms. The van der Waals surface area contributed by atoms with Crippen molar-refractivity contribution < 1.29 is 9.21 Å². The molecule has 1 aromatic rings. The van der Waals surface area contributed by atoms with Crippen LogP contribution in [0.4, 0.5) is 0 Å². The lowest BCUT2D eigenvalue weighted by atomic mass is 9.69. The van der Waals surface area contributed by atoms with Crippen LogP contribution in [0.3, 0.4) is 0 Å². The summed E-state index contributed by atoms with van der Waals surface area (Å²) in [6.07, 6.45) is 4.75. The molecule has 1 heterocycles. The summed E-state index contributed by atoms with van der Waals surface area (Å²) in [5.41, 5.74) is 0.234. The molecule has 0 unspecified atom stereocenters. The Kier molecular flexibility index (Phi) is 4.02. The lowest BCUT2D eigenvalue weighted by Gasteiger charge is -2.40. The first-order valence-corrected chi connectivity index (χ1v) is 7.25. The molecule has 0 bridgehead atoms. The van der Waals surface area contributed by atoms with Crippen LogP contribution in [-0.2, 0) is 0 Å². The summed E-state index contributed by atoms with van der Waals surface area (Å²) in [6, 6.07) is 3.85. The molecule has 0 spiro atoms. The van der Waals surface area contributed by atoms with Crippen LogP contribution >= 0.6 is 0 Å². The Morgan fingerprint density at radius 1 is 1.26 bits per heavy atom. The van der Waals surface area contributed by atoms with E-state index in [9.17, 15) is 4.79 Å². The van der Waals surface area contributed by atoms with Gasteiger partial charge in [0.25, 0.3) is 5.91 Å². The summed E-state index contributed by atoms with van der Waals surface area (Å²) in [5.74, 6) is 1.67. The number of nitrogens with one attached hydrogen (secondary N) is 1. The zero-order valence-electron chi connectivity index (χ0n) is 12.5.